The van der Waals surface area contributed by atoms with E-state index in [9.17, 15) is 4.79 Å². The van der Waals surface area contributed by atoms with Gasteiger partial charge in [-0.3, -0.25) is 0 Å². The average Bonchev–Trinajstić information content (AvgIpc) is 2.71. The van der Waals surface area contributed by atoms with E-state index in [1.165, 1.54) is 37.7 Å². The number of fused-ring (bicyclic) bond motifs is 1. The van der Waals surface area contributed by atoms with Gasteiger partial charge >= 0.3 is 5.63 Å². The van der Waals surface area contributed by atoms with Crippen molar-refractivity contribution in [2.24, 2.45) is 0 Å². The van der Waals surface area contributed by atoms with Crippen LogP contribution in [0.5, 0.6) is 0 Å². The van der Waals surface area contributed by atoms with Gasteiger partial charge in [-0.15, -0.1) is 0 Å². The lowest BCUT2D eigenvalue weighted by atomic mass is 9.79. The second kappa shape index (κ2) is 8.36. The highest BCUT2D eigenvalue weighted by Crippen LogP contribution is 2.25. The smallest absolute Gasteiger partial charge is 0.336 e. The van der Waals surface area contributed by atoms with E-state index in [1.807, 2.05) is 6.07 Å². The van der Waals surface area contributed by atoms with Crippen molar-refractivity contribution in [3.63, 3.8) is 0 Å². The molecular weight excluding hydrogens is 352 g/mol. The molecule has 28 heavy (non-hydrogen) atoms. The predicted molar refractivity (Wildman–Crippen MR) is 110 cm³/mol. The van der Waals surface area contributed by atoms with E-state index in [2.05, 4.69) is 25.2 Å². The maximum atomic E-state index is 12.1. The van der Waals surface area contributed by atoms with Crippen LogP contribution in [0.1, 0.15) is 48.8 Å². The van der Waals surface area contributed by atoms with Gasteiger partial charge in [0.25, 0.3) is 0 Å². The van der Waals surface area contributed by atoms with Gasteiger partial charge in [0.1, 0.15) is 37.3 Å². The van der Waals surface area contributed by atoms with Crippen LogP contribution in [-0.4, -0.2) is 38.4 Å². The minimum absolute atomic E-state index is 0.245. The zero-order valence-electron chi connectivity index (χ0n) is 17.3. The third-order valence-corrected chi connectivity index (χ3v) is 7.00. The van der Waals surface area contributed by atoms with Crippen molar-refractivity contribution in [1.82, 2.24) is 0 Å². The number of ether oxygens (including phenoxy) is 1. The van der Waals surface area contributed by atoms with Crippen molar-refractivity contribution in [1.29, 1.82) is 0 Å². The largest absolute Gasteiger partial charge is 0.423 e. The lowest BCUT2D eigenvalue weighted by molar-refractivity contribution is -0.975. The topological polar surface area (TPSA) is 60.5 Å². The Hall–Kier alpha value is -1.69. The zero-order chi connectivity index (χ0) is 19.6. The van der Waals surface area contributed by atoms with Crippen LogP contribution < -0.4 is 15.8 Å². The second-order valence-corrected chi connectivity index (χ2v) is 8.78. The molecule has 0 spiro atoms. The molecule has 3 N–H and O–H groups in total. The minimum Gasteiger partial charge on any atom is -0.423 e. The van der Waals surface area contributed by atoms with Crippen molar-refractivity contribution in [2.75, 3.05) is 32.8 Å². The Morgan fingerprint density at radius 2 is 1.75 bits per heavy atom. The van der Waals surface area contributed by atoms with Crippen LogP contribution in [0.4, 0.5) is 0 Å². The Kier molecular flexibility index (Phi) is 5.85. The molecule has 1 aliphatic carbocycles. The third kappa shape index (κ3) is 4.02. The summed E-state index contributed by atoms with van der Waals surface area (Å²) in [5.41, 5.74) is 4.33. The monoisotopic (exact) mass is 386 g/mol. The summed E-state index contributed by atoms with van der Waals surface area (Å²) in [5.74, 6) is 0. The summed E-state index contributed by atoms with van der Waals surface area (Å²) in [7, 11) is 0. The van der Waals surface area contributed by atoms with Gasteiger partial charge in [-0.1, -0.05) is 6.42 Å². The lowest BCUT2D eigenvalue weighted by Gasteiger charge is -2.43. The number of aryl methyl sites for hydroxylation is 2. The Balaban J connectivity index is 1.53. The summed E-state index contributed by atoms with van der Waals surface area (Å²) in [4.78, 5) is 13.8. The molecule has 0 radical (unpaired) electrons. The molecule has 4 rings (SSSR count). The van der Waals surface area contributed by atoms with E-state index >= 15 is 0 Å². The second-order valence-electron chi connectivity index (χ2n) is 8.78. The van der Waals surface area contributed by atoms with Gasteiger partial charge in [0.05, 0.1) is 13.2 Å². The minimum atomic E-state index is -0.245. The van der Waals surface area contributed by atoms with Crippen molar-refractivity contribution >= 4 is 11.0 Å². The summed E-state index contributed by atoms with van der Waals surface area (Å²) in [6, 6.07) is 5.85. The maximum Gasteiger partial charge on any atom is 0.336 e. The number of morpholine rings is 1. The van der Waals surface area contributed by atoms with E-state index in [4.69, 9.17) is 9.15 Å². The molecule has 152 valence electrons. The Morgan fingerprint density at radius 3 is 2.50 bits per heavy atom. The number of hydrogen-bond donors (Lipinski definition) is 2. The predicted octanol–water partition coefficient (Wildman–Crippen LogP) is 1.09. The maximum absolute atomic E-state index is 12.1. The van der Waals surface area contributed by atoms with Gasteiger partial charge in [0.15, 0.2) is 0 Å². The molecule has 2 heterocycles. The molecule has 2 aliphatic rings. The molecule has 0 bridgehead atoms. The quantitative estimate of drug-likeness (QED) is 0.757. The van der Waals surface area contributed by atoms with E-state index in [-0.39, 0.29) is 5.63 Å². The summed E-state index contributed by atoms with van der Waals surface area (Å²) >= 11 is 0. The first-order valence-electron chi connectivity index (χ1n) is 10.9. The molecule has 1 aromatic heterocycles. The average molecular weight is 387 g/mol. The molecule has 2 fully saturated rings. The van der Waals surface area contributed by atoms with Crippen LogP contribution in [0.25, 0.3) is 11.0 Å². The van der Waals surface area contributed by atoms with Crippen molar-refractivity contribution in [2.45, 2.75) is 58.0 Å². The first kappa shape index (κ1) is 19.6. The van der Waals surface area contributed by atoms with Gasteiger partial charge in [-0.2, -0.15) is 0 Å². The lowest BCUT2D eigenvalue weighted by Crippen LogP contribution is -3.24. The van der Waals surface area contributed by atoms with Crippen LogP contribution in [0.15, 0.2) is 27.4 Å². The fraction of sp³-hybridized carbons (Fsp3) is 0.609. The number of nitrogens with one attached hydrogen (secondary N) is 1. The number of quaternary nitrogens is 2. The van der Waals surface area contributed by atoms with E-state index in [0.717, 1.165) is 55.9 Å². The van der Waals surface area contributed by atoms with Crippen molar-refractivity contribution < 1.29 is 19.4 Å². The number of nitrogens with two attached hydrogens (primary N) is 1. The Morgan fingerprint density at radius 1 is 1.04 bits per heavy atom. The Labute approximate surface area is 167 Å². The SMILES string of the molecule is Cc1cc2oc(=O)cc(C[NH2+]CC3([NH+]4CCOCC4)CCCCC3)c2cc1C. The van der Waals surface area contributed by atoms with Gasteiger partial charge in [0, 0.05) is 29.9 Å². The molecule has 1 saturated carbocycles. The molecule has 1 saturated heterocycles. The van der Waals surface area contributed by atoms with Crippen LogP contribution >= 0.6 is 0 Å². The summed E-state index contributed by atoms with van der Waals surface area (Å²) in [5, 5.41) is 3.51. The fourth-order valence-corrected chi connectivity index (χ4v) is 5.23. The van der Waals surface area contributed by atoms with Gasteiger partial charge in [-0.05, 0) is 49.9 Å². The highest BCUT2D eigenvalue weighted by molar-refractivity contribution is 5.81. The summed E-state index contributed by atoms with van der Waals surface area (Å²) in [6.45, 7) is 10.2. The van der Waals surface area contributed by atoms with Gasteiger partial charge < -0.3 is 19.4 Å². The van der Waals surface area contributed by atoms with Gasteiger partial charge in [-0.25, -0.2) is 4.79 Å². The molecule has 5 heteroatoms. The molecule has 1 aliphatic heterocycles. The van der Waals surface area contributed by atoms with E-state index in [0.29, 0.717) is 11.1 Å². The van der Waals surface area contributed by atoms with Gasteiger partial charge in [0.2, 0.25) is 0 Å². The van der Waals surface area contributed by atoms with E-state index < -0.39 is 0 Å². The number of benzene rings is 1. The molecule has 2 aromatic rings. The first-order chi connectivity index (χ1) is 13.6. The molecular formula is C23H34N2O3+2. The number of hydrogen-bond acceptors (Lipinski definition) is 3. The fourth-order valence-electron chi connectivity index (χ4n) is 5.23. The highest BCUT2D eigenvalue weighted by atomic mass is 16.5. The summed E-state index contributed by atoms with van der Waals surface area (Å²) in [6.07, 6.45) is 6.68. The Bertz CT molecular complexity index is 877. The number of rotatable bonds is 5. The highest BCUT2D eigenvalue weighted by Gasteiger charge is 2.44. The van der Waals surface area contributed by atoms with Crippen LogP contribution in [0.3, 0.4) is 0 Å². The first-order valence-corrected chi connectivity index (χ1v) is 10.9. The molecule has 0 unspecified atom stereocenters. The van der Waals surface area contributed by atoms with Crippen molar-refractivity contribution in [3.05, 3.63) is 45.3 Å². The molecule has 5 nitrogen and oxygen atoms in total. The molecule has 1 aromatic carbocycles. The van der Waals surface area contributed by atoms with Crippen LogP contribution in [0.2, 0.25) is 0 Å². The van der Waals surface area contributed by atoms with Crippen LogP contribution in [0, 0.1) is 13.8 Å². The normalized spacial score (nSPS) is 20.5. The standard InChI is InChI=1S/C23H32N2O3/c1-17-12-20-19(14-22(26)28-21(20)13-18(17)2)15-24-16-23(6-4-3-5-7-23)25-8-10-27-11-9-25/h12-14,24H,3-11,15-16H2,1-2H3/p+2. The van der Waals surface area contributed by atoms with E-state index in [1.54, 1.807) is 11.0 Å². The van der Waals surface area contributed by atoms with Crippen LogP contribution in [-0.2, 0) is 11.3 Å². The molecule has 0 amide bonds. The zero-order valence-corrected chi connectivity index (χ0v) is 17.3. The summed E-state index contributed by atoms with van der Waals surface area (Å²) < 4.78 is 11.1. The molecule has 0 atom stereocenters. The third-order valence-electron chi connectivity index (χ3n) is 7.00. The van der Waals surface area contributed by atoms with Crippen molar-refractivity contribution in [3.8, 4) is 0 Å².